The quantitative estimate of drug-likeness (QED) is 0.438. The zero-order valence-electron chi connectivity index (χ0n) is 14.7. The molecule has 1 heterocycles. The molecule has 0 N–H and O–H groups in total. The minimum atomic E-state index is 0.506. The number of thioether (sulfide) groups is 1. The molecule has 0 unspecified atom stereocenters. The number of unbranched alkanes of at least 4 members (excludes halogenated alkanes) is 1. The van der Waals surface area contributed by atoms with Crippen LogP contribution in [0.4, 0.5) is 0 Å². The molecule has 0 spiro atoms. The highest BCUT2D eigenvalue weighted by atomic mass is 32.2. The van der Waals surface area contributed by atoms with Crippen molar-refractivity contribution in [2.45, 2.75) is 72.6 Å². The Morgan fingerprint density at radius 3 is 2.19 bits per heavy atom. The van der Waals surface area contributed by atoms with E-state index in [9.17, 15) is 0 Å². The fourth-order valence-electron chi connectivity index (χ4n) is 3.16. The van der Waals surface area contributed by atoms with Gasteiger partial charge < -0.3 is 0 Å². The van der Waals surface area contributed by atoms with Crippen LogP contribution in [-0.2, 0) is 0 Å². The lowest BCUT2D eigenvalue weighted by molar-refractivity contribution is 0.247. The van der Waals surface area contributed by atoms with Crippen molar-refractivity contribution < 1.29 is 0 Å². The van der Waals surface area contributed by atoms with Gasteiger partial charge in [0.05, 0.1) is 0 Å². The fraction of sp³-hybridized carbons (Fsp3) is 0.700. The van der Waals surface area contributed by atoms with Crippen molar-refractivity contribution in [1.82, 2.24) is 0 Å². The third kappa shape index (κ3) is 5.36. The van der Waals surface area contributed by atoms with Gasteiger partial charge in [0.25, 0.3) is 0 Å². The highest BCUT2D eigenvalue weighted by Crippen LogP contribution is 2.45. The summed E-state index contributed by atoms with van der Waals surface area (Å²) in [5, 5.41) is 0. The summed E-state index contributed by atoms with van der Waals surface area (Å²) in [4.78, 5) is 0. The van der Waals surface area contributed by atoms with E-state index in [4.69, 9.17) is 0 Å². The number of hydrogen-bond acceptors (Lipinski definition) is 1. The van der Waals surface area contributed by atoms with Crippen LogP contribution in [0.1, 0.15) is 72.6 Å². The number of rotatable bonds is 8. The summed E-state index contributed by atoms with van der Waals surface area (Å²) in [7, 11) is 0. The van der Waals surface area contributed by atoms with E-state index in [0.29, 0.717) is 5.41 Å². The summed E-state index contributed by atoms with van der Waals surface area (Å²) in [5.74, 6) is 2.66. The molecule has 1 fully saturated rings. The van der Waals surface area contributed by atoms with Gasteiger partial charge in [-0.2, -0.15) is 11.8 Å². The lowest BCUT2D eigenvalue weighted by Crippen LogP contribution is -2.26. The van der Waals surface area contributed by atoms with Crippen LogP contribution in [0, 0.1) is 5.41 Å². The Balaban J connectivity index is 2.99. The average molecular weight is 307 g/mol. The second kappa shape index (κ2) is 8.88. The molecule has 0 atom stereocenters. The molecule has 120 valence electrons. The number of allylic oxidation sites excluding steroid dienone is 4. The van der Waals surface area contributed by atoms with Gasteiger partial charge in [-0.1, -0.05) is 51.0 Å². The summed E-state index contributed by atoms with van der Waals surface area (Å²) in [5.41, 5.74) is 5.99. The van der Waals surface area contributed by atoms with Gasteiger partial charge >= 0.3 is 0 Å². The van der Waals surface area contributed by atoms with Gasteiger partial charge in [0.1, 0.15) is 0 Å². The van der Waals surface area contributed by atoms with Gasteiger partial charge in [-0.15, -0.1) is 0 Å². The van der Waals surface area contributed by atoms with E-state index in [0.717, 1.165) is 6.42 Å². The van der Waals surface area contributed by atoms with Crippen LogP contribution in [0.5, 0.6) is 0 Å². The molecule has 1 aliphatic rings. The molecule has 0 amide bonds. The van der Waals surface area contributed by atoms with Gasteiger partial charge in [-0.25, -0.2) is 0 Å². The predicted molar refractivity (Wildman–Crippen MR) is 100 cm³/mol. The Labute approximate surface area is 137 Å². The van der Waals surface area contributed by atoms with Gasteiger partial charge in [0.15, 0.2) is 0 Å². The molecule has 1 aliphatic heterocycles. The minimum absolute atomic E-state index is 0.506. The van der Waals surface area contributed by atoms with Crippen molar-refractivity contribution in [3.8, 4) is 0 Å². The summed E-state index contributed by atoms with van der Waals surface area (Å²) in [6, 6.07) is 0. The minimum Gasteiger partial charge on any atom is -0.162 e. The molecule has 0 nitrogen and oxygen atoms in total. The Kier molecular flexibility index (Phi) is 7.87. The molecule has 1 saturated heterocycles. The molecule has 0 saturated carbocycles. The highest BCUT2D eigenvalue weighted by molar-refractivity contribution is 7.99. The first kappa shape index (κ1) is 18.6. The van der Waals surface area contributed by atoms with Gasteiger partial charge in [0, 0.05) is 0 Å². The van der Waals surface area contributed by atoms with Crippen LogP contribution in [0.15, 0.2) is 35.5 Å². The van der Waals surface area contributed by atoms with Crippen LogP contribution >= 0.6 is 11.8 Å². The van der Waals surface area contributed by atoms with E-state index < -0.39 is 0 Å². The van der Waals surface area contributed by atoms with Crippen molar-refractivity contribution in [2.75, 3.05) is 11.5 Å². The van der Waals surface area contributed by atoms with E-state index in [1.54, 1.807) is 0 Å². The summed E-state index contributed by atoms with van der Waals surface area (Å²) >= 11 is 2.12. The first-order valence-corrected chi connectivity index (χ1v) is 9.72. The second-order valence-corrected chi connectivity index (χ2v) is 7.96. The van der Waals surface area contributed by atoms with Crippen LogP contribution in [0.25, 0.3) is 0 Å². The van der Waals surface area contributed by atoms with Crippen molar-refractivity contribution in [1.29, 1.82) is 0 Å². The average Bonchev–Trinajstić information content (AvgIpc) is 2.50. The van der Waals surface area contributed by atoms with Crippen molar-refractivity contribution in [3.05, 3.63) is 35.5 Å². The standard InChI is InChI=1S/C20H34S/c1-7-9-10-17(5)19(18(6)16(3)4)15-20(8-2)11-13-21-14-12-20/h3,5,7-15H2,1-2,4,6H3/b19-18+. The van der Waals surface area contributed by atoms with Gasteiger partial charge in [-0.3, -0.25) is 0 Å². The molecule has 21 heavy (non-hydrogen) atoms. The molecule has 1 rings (SSSR count). The van der Waals surface area contributed by atoms with Crippen molar-refractivity contribution in [3.63, 3.8) is 0 Å². The molecule has 0 aliphatic carbocycles. The molecular weight excluding hydrogens is 272 g/mol. The summed E-state index contributed by atoms with van der Waals surface area (Å²) in [6.07, 6.45) is 8.87. The fourth-order valence-corrected chi connectivity index (χ4v) is 4.51. The van der Waals surface area contributed by atoms with Crippen molar-refractivity contribution in [2.24, 2.45) is 5.41 Å². The first-order chi connectivity index (χ1) is 9.95. The Bertz CT molecular complexity index is 394. The van der Waals surface area contributed by atoms with E-state index in [1.165, 1.54) is 72.3 Å². The highest BCUT2D eigenvalue weighted by Gasteiger charge is 2.32. The third-order valence-electron chi connectivity index (χ3n) is 5.21. The van der Waals surface area contributed by atoms with Crippen LogP contribution in [0.3, 0.4) is 0 Å². The SMILES string of the molecule is C=C(C)/C(C)=C(\CC1(CC)CCSCC1)C(=C)CCCC. The zero-order chi connectivity index (χ0) is 15.9. The maximum Gasteiger partial charge on any atom is -0.00621 e. The zero-order valence-corrected chi connectivity index (χ0v) is 15.5. The van der Waals surface area contributed by atoms with Gasteiger partial charge in [0.2, 0.25) is 0 Å². The molecular formula is C20H34S. The smallest absolute Gasteiger partial charge is 0.00621 e. The van der Waals surface area contributed by atoms with Crippen LogP contribution < -0.4 is 0 Å². The lowest BCUT2D eigenvalue weighted by Gasteiger charge is -2.38. The Morgan fingerprint density at radius 2 is 1.71 bits per heavy atom. The van der Waals surface area contributed by atoms with Crippen molar-refractivity contribution >= 4 is 11.8 Å². The lowest BCUT2D eigenvalue weighted by atomic mass is 9.72. The van der Waals surface area contributed by atoms with E-state index in [-0.39, 0.29) is 0 Å². The van der Waals surface area contributed by atoms with E-state index >= 15 is 0 Å². The number of hydrogen-bond donors (Lipinski definition) is 0. The Hall–Kier alpha value is -0.430. The maximum absolute atomic E-state index is 4.42. The van der Waals surface area contributed by atoms with Crippen LogP contribution in [-0.4, -0.2) is 11.5 Å². The molecule has 1 heteroatoms. The molecule has 0 radical (unpaired) electrons. The summed E-state index contributed by atoms with van der Waals surface area (Å²) in [6.45, 7) is 17.6. The largest absolute Gasteiger partial charge is 0.162 e. The normalized spacial score (nSPS) is 19.0. The Morgan fingerprint density at radius 1 is 1.10 bits per heavy atom. The molecule has 0 aromatic heterocycles. The molecule has 0 aromatic carbocycles. The monoisotopic (exact) mass is 306 g/mol. The first-order valence-electron chi connectivity index (χ1n) is 8.57. The molecule has 0 bridgehead atoms. The maximum atomic E-state index is 4.42. The van der Waals surface area contributed by atoms with E-state index in [2.05, 4.69) is 52.6 Å². The molecule has 0 aromatic rings. The summed E-state index contributed by atoms with van der Waals surface area (Å²) < 4.78 is 0. The topological polar surface area (TPSA) is 0 Å². The second-order valence-electron chi connectivity index (χ2n) is 6.73. The van der Waals surface area contributed by atoms with Crippen LogP contribution in [0.2, 0.25) is 0 Å². The van der Waals surface area contributed by atoms with E-state index in [1.807, 2.05) is 0 Å². The predicted octanol–water partition coefficient (Wildman–Crippen LogP) is 6.94. The third-order valence-corrected chi connectivity index (χ3v) is 6.19. The van der Waals surface area contributed by atoms with Gasteiger partial charge in [-0.05, 0) is 74.0 Å².